The Hall–Kier alpha value is -1.69. The zero-order valence-electron chi connectivity index (χ0n) is 42.9. The first-order valence-corrected chi connectivity index (χ1v) is 28.4. The Balaban J connectivity index is 3.50. The lowest BCUT2D eigenvalue weighted by Gasteiger charge is -2.21. The number of unbranched alkanes of at least 4 members (excludes halogenated alkanes) is 37. The molecule has 0 aromatic carbocycles. The molecule has 0 fully saturated rings. The van der Waals surface area contributed by atoms with Crippen molar-refractivity contribution in [3.8, 4) is 0 Å². The summed E-state index contributed by atoms with van der Waals surface area (Å²) in [6.45, 7) is 4.19. The van der Waals surface area contributed by atoms with Crippen LogP contribution in [0.2, 0.25) is 0 Å². The lowest BCUT2D eigenvalue weighted by Crippen LogP contribution is -2.45. The molecule has 1 amide bonds. The number of rotatable bonds is 52. The molecule has 3 unspecified atom stereocenters. The molecular formula is C59H111NO4. The van der Waals surface area contributed by atoms with E-state index in [9.17, 15) is 20.1 Å². The minimum Gasteiger partial charge on any atom is -0.394 e. The van der Waals surface area contributed by atoms with E-state index in [2.05, 4.69) is 55.6 Å². The van der Waals surface area contributed by atoms with Gasteiger partial charge in [0.1, 0.15) is 0 Å². The third kappa shape index (κ3) is 49.7. The van der Waals surface area contributed by atoms with Gasteiger partial charge in [0.2, 0.25) is 5.91 Å². The van der Waals surface area contributed by atoms with E-state index in [0.29, 0.717) is 6.42 Å². The number of hydrogen-bond donors (Lipinski definition) is 4. The fourth-order valence-corrected chi connectivity index (χ4v) is 8.72. The molecule has 0 saturated heterocycles. The van der Waals surface area contributed by atoms with Crippen LogP contribution in [-0.4, -0.2) is 46.1 Å². The van der Waals surface area contributed by atoms with Gasteiger partial charge in [0, 0.05) is 0 Å². The quantitative estimate of drug-likeness (QED) is 0.0362. The molecule has 0 heterocycles. The zero-order chi connectivity index (χ0) is 46.5. The van der Waals surface area contributed by atoms with E-state index in [1.807, 2.05) is 6.08 Å². The van der Waals surface area contributed by atoms with Crippen LogP contribution in [0.3, 0.4) is 0 Å². The average molecular weight is 899 g/mol. The second-order valence-corrected chi connectivity index (χ2v) is 19.5. The number of aliphatic hydroxyl groups excluding tert-OH is 3. The third-order valence-corrected chi connectivity index (χ3v) is 13.1. The molecule has 5 heteroatoms. The largest absolute Gasteiger partial charge is 0.394 e. The molecule has 0 saturated carbocycles. The van der Waals surface area contributed by atoms with E-state index < -0.39 is 18.2 Å². The van der Waals surface area contributed by atoms with Crippen molar-refractivity contribution in [3.05, 3.63) is 48.6 Å². The van der Waals surface area contributed by atoms with Crippen LogP contribution in [0.15, 0.2) is 48.6 Å². The molecule has 0 bridgehead atoms. The summed E-state index contributed by atoms with van der Waals surface area (Å²) >= 11 is 0. The molecule has 3 atom stereocenters. The number of carbonyl (C=O) groups excluding carboxylic acids is 1. The van der Waals surface area contributed by atoms with Crippen molar-refractivity contribution in [2.24, 2.45) is 0 Å². The molecule has 0 spiro atoms. The molecule has 376 valence electrons. The minimum absolute atomic E-state index is 0.00302. The molecule has 0 rings (SSSR count). The number of allylic oxidation sites excluding steroid dienone is 7. The summed E-state index contributed by atoms with van der Waals surface area (Å²) in [6.07, 6.45) is 71.8. The zero-order valence-corrected chi connectivity index (χ0v) is 42.9. The number of amides is 1. The average Bonchev–Trinajstić information content (AvgIpc) is 3.29. The summed E-state index contributed by atoms with van der Waals surface area (Å²) in [5.41, 5.74) is 0. The highest BCUT2D eigenvalue weighted by Gasteiger charge is 2.20. The van der Waals surface area contributed by atoms with Crippen LogP contribution in [0, 0.1) is 0 Å². The highest BCUT2D eigenvalue weighted by atomic mass is 16.3. The molecule has 0 aromatic heterocycles. The van der Waals surface area contributed by atoms with Crippen LogP contribution in [0.1, 0.15) is 296 Å². The molecule has 0 aromatic rings. The number of hydrogen-bond acceptors (Lipinski definition) is 4. The summed E-state index contributed by atoms with van der Waals surface area (Å²) in [5.74, 6) is -0.328. The molecule has 4 N–H and O–H groups in total. The number of carbonyl (C=O) groups is 1. The van der Waals surface area contributed by atoms with Gasteiger partial charge in [-0.3, -0.25) is 4.79 Å². The van der Waals surface area contributed by atoms with Crippen molar-refractivity contribution in [2.75, 3.05) is 6.61 Å². The van der Waals surface area contributed by atoms with E-state index in [1.54, 1.807) is 6.08 Å². The van der Waals surface area contributed by atoms with Gasteiger partial charge < -0.3 is 20.6 Å². The Kier molecular flexibility index (Phi) is 52.5. The number of aliphatic hydroxyl groups is 3. The predicted molar refractivity (Wildman–Crippen MR) is 282 cm³/mol. The monoisotopic (exact) mass is 898 g/mol. The van der Waals surface area contributed by atoms with Gasteiger partial charge in [0.25, 0.3) is 0 Å². The number of nitrogens with one attached hydrogen (secondary N) is 1. The molecule has 5 nitrogen and oxygen atoms in total. The van der Waals surface area contributed by atoms with Gasteiger partial charge in [-0.2, -0.15) is 0 Å². The van der Waals surface area contributed by atoms with Crippen molar-refractivity contribution in [1.82, 2.24) is 5.32 Å². The van der Waals surface area contributed by atoms with Crippen molar-refractivity contribution in [1.29, 1.82) is 0 Å². The molecule has 0 aliphatic rings. The van der Waals surface area contributed by atoms with Crippen molar-refractivity contribution < 1.29 is 20.1 Å². The van der Waals surface area contributed by atoms with E-state index in [0.717, 1.165) is 38.5 Å². The molecule has 0 radical (unpaired) electrons. The smallest absolute Gasteiger partial charge is 0.222 e. The summed E-state index contributed by atoms with van der Waals surface area (Å²) in [6, 6.07) is -0.767. The normalized spacial score (nSPS) is 13.6. The first-order chi connectivity index (χ1) is 31.5. The summed E-state index contributed by atoms with van der Waals surface area (Å²) in [7, 11) is 0. The lowest BCUT2D eigenvalue weighted by molar-refractivity contribution is -0.124. The molecule has 64 heavy (non-hydrogen) atoms. The Morgan fingerprint density at radius 3 is 1.02 bits per heavy atom. The fraction of sp³-hybridized carbons (Fsp3) is 0.847. The van der Waals surface area contributed by atoms with E-state index >= 15 is 0 Å². The third-order valence-electron chi connectivity index (χ3n) is 13.1. The summed E-state index contributed by atoms with van der Waals surface area (Å²) in [5, 5.41) is 33.3. The van der Waals surface area contributed by atoms with Gasteiger partial charge in [-0.1, -0.05) is 268 Å². The van der Waals surface area contributed by atoms with Crippen LogP contribution in [0.25, 0.3) is 0 Å². The molecular weight excluding hydrogens is 787 g/mol. The van der Waals surface area contributed by atoms with Crippen LogP contribution >= 0.6 is 0 Å². The van der Waals surface area contributed by atoms with Gasteiger partial charge in [-0.25, -0.2) is 0 Å². The second kappa shape index (κ2) is 53.9. The topological polar surface area (TPSA) is 89.8 Å². The predicted octanol–water partition coefficient (Wildman–Crippen LogP) is 17.6. The van der Waals surface area contributed by atoms with Crippen molar-refractivity contribution in [2.45, 2.75) is 315 Å². The SMILES string of the molecule is CCCCCC/C=C/CC/C=C/CC/C=C/C(O)C(CO)NC(=O)CC(O)CCCCCCCCCCCCCCCCC/C=C\CCCCCCCCCCCCCCCCCC. The highest BCUT2D eigenvalue weighted by molar-refractivity contribution is 5.76. The van der Waals surface area contributed by atoms with Gasteiger partial charge >= 0.3 is 0 Å². The fourth-order valence-electron chi connectivity index (χ4n) is 8.72. The summed E-state index contributed by atoms with van der Waals surface area (Å²) < 4.78 is 0. The van der Waals surface area contributed by atoms with Gasteiger partial charge in [-0.15, -0.1) is 0 Å². The van der Waals surface area contributed by atoms with Gasteiger partial charge in [0.05, 0.1) is 31.3 Å². The Bertz CT molecular complexity index is 1040. The lowest BCUT2D eigenvalue weighted by atomic mass is 10.0. The van der Waals surface area contributed by atoms with Gasteiger partial charge in [-0.05, 0) is 70.6 Å². The van der Waals surface area contributed by atoms with E-state index in [-0.39, 0.29) is 18.9 Å². The second-order valence-electron chi connectivity index (χ2n) is 19.5. The van der Waals surface area contributed by atoms with Crippen molar-refractivity contribution in [3.63, 3.8) is 0 Å². The van der Waals surface area contributed by atoms with E-state index in [4.69, 9.17) is 0 Å². The maximum absolute atomic E-state index is 12.5. The first-order valence-electron chi connectivity index (χ1n) is 28.4. The Morgan fingerprint density at radius 1 is 0.391 bits per heavy atom. The maximum atomic E-state index is 12.5. The highest BCUT2D eigenvalue weighted by Crippen LogP contribution is 2.17. The molecule has 0 aliphatic carbocycles. The van der Waals surface area contributed by atoms with Crippen LogP contribution < -0.4 is 5.32 Å². The van der Waals surface area contributed by atoms with Gasteiger partial charge in [0.15, 0.2) is 0 Å². The minimum atomic E-state index is -0.960. The van der Waals surface area contributed by atoms with Crippen LogP contribution in [0.4, 0.5) is 0 Å². The Labute approximate surface area is 399 Å². The Morgan fingerprint density at radius 2 is 0.672 bits per heavy atom. The first kappa shape index (κ1) is 62.3. The molecule has 0 aliphatic heterocycles. The summed E-state index contributed by atoms with van der Waals surface area (Å²) in [4.78, 5) is 12.5. The van der Waals surface area contributed by atoms with Crippen LogP contribution in [0.5, 0.6) is 0 Å². The maximum Gasteiger partial charge on any atom is 0.222 e. The standard InChI is InChI=1S/C59H111NO4/c1-3-5-7-9-11-13-15-17-19-20-21-22-23-24-25-26-27-28-29-30-31-32-33-34-35-36-37-38-39-40-42-44-46-48-50-52-56(62)54-59(64)60-57(55-61)58(63)53-51-49-47-45-43-41-18-16-14-12-10-8-6-4-2/h14,16,28-29,43,45,51,53,56-58,61-63H,3-13,15,17-27,30-42,44,46-50,52,54-55H2,1-2H3,(H,60,64)/b16-14+,29-28-,45-43+,53-51+. The van der Waals surface area contributed by atoms with E-state index in [1.165, 1.54) is 231 Å². The van der Waals surface area contributed by atoms with Crippen molar-refractivity contribution >= 4 is 5.91 Å². The van der Waals surface area contributed by atoms with Crippen LogP contribution in [-0.2, 0) is 4.79 Å².